The Balaban J connectivity index is 2.33. The fraction of sp³-hybridized carbons (Fsp3) is 1.00. The molecule has 2 heteroatoms. The van der Waals surface area contributed by atoms with Gasteiger partial charge in [-0.15, -0.1) is 0 Å². The SMILES string of the molecule is CCCC1CCC(O)C(CN(C)CCC(C)C)C1. The van der Waals surface area contributed by atoms with Crippen molar-refractivity contribution in [2.45, 2.75) is 65.4 Å². The molecule has 0 spiro atoms. The van der Waals surface area contributed by atoms with Crippen LogP contribution in [0.3, 0.4) is 0 Å². The average molecular weight is 255 g/mol. The van der Waals surface area contributed by atoms with Crippen molar-refractivity contribution in [2.24, 2.45) is 17.8 Å². The Morgan fingerprint density at radius 1 is 1.28 bits per heavy atom. The molecule has 0 bridgehead atoms. The smallest absolute Gasteiger partial charge is 0.0580 e. The molecule has 2 nitrogen and oxygen atoms in total. The third kappa shape index (κ3) is 5.71. The summed E-state index contributed by atoms with van der Waals surface area (Å²) in [6.45, 7) is 9.07. The fourth-order valence-electron chi connectivity index (χ4n) is 3.18. The molecule has 3 atom stereocenters. The van der Waals surface area contributed by atoms with E-state index >= 15 is 0 Å². The van der Waals surface area contributed by atoms with Crippen molar-refractivity contribution in [2.75, 3.05) is 20.1 Å². The molecule has 0 aliphatic heterocycles. The van der Waals surface area contributed by atoms with Gasteiger partial charge >= 0.3 is 0 Å². The molecule has 0 aromatic heterocycles. The van der Waals surface area contributed by atoms with E-state index in [0.717, 1.165) is 24.8 Å². The first-order valence-electron chi connectivity index (χ1n) is 7.89. The highest BCUT2D eigenvalue weighted by molar-refractivity contribution is 4.81. The van der Waals surface area contributed by atoms with Crippen LogP contribution in [0.15, 0.2) is 0 Å². The number of hydrogen-bond acceptors (Lipinski definition) is 2. The molecule has 108 valence electrons. The molecule has 18 heavy (non-hydrogen) atoms. The first-order valence-corrected chi connectivity index (χ1v) is 7.89. The maximum atomic E-state index is 10.2. The van der Waals surface area contributed by atoms with Gasteiger partial charge in [-0.2, -0.15) is 0 Å². The lowest BCUT2D eigenvalue weighted by Gasteiger charge is -2.35. The van der Waals surface area contributed by atoms with Gasteiger partial charge < -0.3 is 10.0 Å². The molecule has 0 heterocycles. The highest BCUT2D eigenvalue weighted by atomic mass is 16.3. The minimum atomic E-state index is -0.0559. The van der Waals surface area contributed by atoms with E-state index in [4.69, 9.17) is 0 Å². The van der Waals surface area contributed by atoms with Crippen molar-refractivity contribution < 1.29 is 5.11 Å². The Kier molecular flexibility index (Phi) is 7.25. The van der Waals surface area contributed by atoms with Crippen LogP contribution in [0.5, 0.6) is 0 Å². The largest absolute Gasteiger partial charge is 0.393 e. The third-order valence-corrected chi connectivity index (χ3v) is 4.38. The van der Waals surface area contributed by atoms with Crippen LogP contribution < -0.4 is 0 Å². The predicted molar refractivity (Wildman–Crippen MR) is 78.7 cm³/mol. The van der Waals surface area contributed by atoms with Gasteiger partial charge in [-0.3, -0.25) is 0 Å². The molecule has 1 fully saturated rings. The zero-order valence-corrected chi connectivity index (χ0v) is 12.9. The molecule has 1 rings (SSSR count). The number of hydrogen-bond donors (Lipinski definition) is 1. The van der Waals surface area contributed by atoms with E-state index in [1.807, 2.05) is 0 Å². The van der Waals surface area contributed by atoms with E-state index in [0.29, 0.717) is 5.92 Å². The number of nitrogens with zero attached hydrogens (tertiary/aromatic N) is 1. The van der Waals surface area contributed by atoms with Gasteiger partial charge in [0.05, 0.1) is 6.10 Å². The third-order valence-electron chi connectivity index (χ3n) is 4.38. The van der Waals surface area contributed by atoms with Gasteiger partial charge in [0.2, 0.25) is 0 Å². The zero-order chi connectivity index (χ0) is 13.5. The summed E-state index contributed by atoms with van der Waals surface area (Å²) in [5, 5.41) is 10.2. The van der Waals surface area contributed by atoms with Crippen molar-refractivity contribution in [1.82, 2.24) is 4.90 Å². The monoisotopic (exact) mass is 255 g/mol. The Labute approximate surface area is 114 Å². The van der Waals surface area contributed by atoms with E-state index in [2.05, 4.69) is 32.7 Å². The lowest BCUT2D eigenvalue weighted by Crippen LogP contribution is -2.38. The molecule has 0 aromatic rings. The fourth-order valence-corrected chi connectivity index (χ4v) is 3.18. The Morgan fingerprint density at radius 2 is 2.00 bits per heavy atom. The maximum Gasteiger partial charge on any atom is 0.0580 e. The Morgan fingerprint density at radius 3 is 2.61 bits per heavy atom. The highest BCUT2D eigenvalue weighted by Crippen LogP contribution is 2.32. The van der Waals surface area contributed by atoms with Crippen LogP contribution in [0.4, 0.5) is 0 Å². The van der Waals surface area contributed by atoms with Gasteiger partial charge in [-0.05, 0) is 57.0 Å². The second-order valence-electron chi connectivity index (χ2n) is 6.74. The van der Waals surface area contributed by atoms with Crippen LogP contribution in [0.25, 0.3) is 0 Å². The second kappa shape index (κ2) is 8.16. The first kappa shape index (κ1) is 16.0. The summed E-state index contributed by atoms with van der Waals surface area (Å²) < 4.78 is 0. The number of aliphatic hydroxyl groups excluding tert-OH is 1. The van der Waals surface area contributed by atoms with Crippen LogP contribution in [0.1, 0.15) is 59.3 Å². The lowest BCUT2D eigenvalue weighted by molar-refractivity contribution is 0.0294. The van der Waals surface area contributed by atoms with Crippen LogP contribution in [-0.2, 0) is 0 Å². The number of aliphatic hydroxyl groups is 1. The minimum absolute atomic E-state index is 0.0559. The first-order chi connectivity index (χ1) is 8.52. The number of rotatable bonds is 7. The topological polar surface area (TPSA) is 23.5 Å². The molecule has 0 saturated heterocycles. The molecule has 1 aliphatic carbocycles. The van der Waals surface area contributed by atoms with Gasteiger partial charge in [-0.1, -0.05) is 33.6 Å². The Bertz CT molecular complexity index is 217. The van der Waals surface area contributed by atoms with Crippen molar-refractivity contribution in [3.63, 3.8) is 0 Å². The van der Waals surface area contributed by atoms with Crippen LogP contribution in [0, 0.1) is 17.8 Å². The van der Waals surface area contributed by atoms with Gasteiger partial charge in [0, 0.05) is 6.54 Å². The van der Waals surface area contributed by atoms with Crippen molar-refractivity contribution in [1.29, 1.82) is 0 Å². The molecule has 1 saturated carbocycles. The van der Waals surface area contributed by atoms with Gasteiger partial charge in [-0.25, -0.2) is 0 Å². The summed E-state index contributed by atoms with van der Waals surface area (Å²) in [7, 11) is 2.21. The Hall–Kier alpha value is -0.0800. The van der Waals surface area contributed by atoms with Crippen molar-refractivity contribution in [3.05, 3.63) is 0 Å². The molecule has 0 amide bonds. The molecule has 0 radical (unpaired) electrons. The quantitative estimate of drug-likeness (QED) is 0.752. The molecule has 0 aromatic carbocycles. The highest BCUT2D eigenvalue weighted by Gasteiger charge is 2.29. The molecular weight excluding hydrogens is 222 g/mol. The molecular formula is C16H33NO. The average Bonchev–Trinajstić information content (AvgIpc) is 2.31. The van der Waals surface area contributed by atoms with E-state index < -0.39 is 0 Å². The van der Waals surface area contributed by atoms with E-state index in [1.165, 1.54) is 38.6 Å². The summed E-state index contributed by atoms with van der Waals surface area (Å²) >= 11 is 0. The van der Waals surface area contributed by atoms with Gasteiger partial charge in [0.25, 0.3) is 0 Å². The van der Waals surface area contributed by atoms with Crippen molar-refractivity contribution >= 4 is 0 Å². The second-order valence-corrected chi connectivity index (χ2v) is 6.74. The van der Waals surface area contributed by atoms with Gasteiger partial charge in [0.15, 0.2) is 0 Å². The van der Waals surface area contributed by atoms with Gasteiger partial charge in [0.1, 0.15) is 0 Å². The van der Waals surface area contributed by atoms with E-state index in [1.54, 1.807) is 0 Å². The minimum Gasteiger partial charge on any atom is -0.393 e. The summed E-state index contributed by atoms with van der Waals surface area (Å²) in [6, 6.07) is 0. The van der Waals surface area contributed by atoms with Crippen LogP contribution >= 0.6 is 0 Å². The van der Waals surface area contributed by atoms with E-state index in [9.17, 15) is 5.11 Å². The standard InChI is InChI=1S/C16H33NO/c1-5-6-14-7-8-16(18)15(11-14)12-17(4)10-9-13(2)3/h13-16,18H,5-12H2,1-4H3. The van der Waals surface area contributed by atoms with Crippen molar-refractivity contribution in [3.8, 4) is 0 Å². The summed E-state index contributed by atoms with van der Waals surface area (Å²) in [5.74, 6) is 2.14. The molecule has 1 aliphatic rings. The van der Waals surface area contributed by atoms with Crippen LogP contribution in [-0.4, -0.2) is 36.2 Å². The predicted octanol–water partition coefficient (Wildman–Crippen LogP) is 3.54. The molecule has 3 unspecified atom stereocenters. The normalized spacial score (nSPS) is 29.2. The van der Waals surface area contributed by atoms with Crippen LogP contribution in [0.2, 0.25) is 0 Å². The molecule has 1 N–H and O–H groups in total. The maximum absolute atomic E-state index is 10.2. The lowest BCUT2D eigenvalue weighted by atomic mass is 9.77. The summed E-state index contributed by atoms with van der Waals surface area (Å²) in [5.41, 5.74) is 0. The van der Waals surface area contributed by atoms with E-state index in [-0.39, 0.29) is 6.10 Å². The zero-order valence-electron chi connectivity index (χ0n) is 12.9. The summed E-state index contributed by atoms with van der Waals surface area (Å²) in [4.78, 5) is 2.42. The summed E-state index contributed by atoms with van der Waals surface area (Å²) in [6.07, 6.45) is 7.34.